The van der Waals surface area contributed by atoms with Gasteiger partial charge in [-0.3, -0.25) is 0 Å². The number of benzene rings is 1. The number of rotatable bonds is 3. The normalized spacial score (nSPS) is 19.8. The Morgan fingerprint density at radius 1 is 1.48 bits per heavy atom. The van der Waals surface area contributed by atoms with E-state index in [0.717, 1.165) is 24.0 Å². The van der Waals surface area contributed by atoms with E-state index in [1.165, 1.54) is 6.07 Å². The molecule has 2 rings (SSSR count). The Morgan fingerprint density at radius 3 is 2.71 bits per heavy atom. The van der Waals surface area contributed by atoms with Gasteiger partial charge in [-0.15, -0.1) is 0 Å². The maximum Gasteiger partial charge on any atom is 0.417 e. The molecule has 1 aliphatic rings. The van der Waals surface area contributed by atoms with Crippen molar-refractivity contribution in [2.45, 2.75) is 18.6 Å². The second kappa shape index (κ2) is 6.05. The Balaban J connectivity index is 2.41. The summed E-state index contributed by atoms with van der Waals surface area (Å²) in [5, 5.41) is 11.3. The second-order valence-corrected chi connectivity index (χ2v) is 5.99. The summed E-state index contributed by atoms with van der Waals surface area (Å²) < 4.78 is 39.5. The topological polar surface area (TPSA) is 61.8 Å². The van der Waals surface area contributed by atoms with Gasteiger partial charge < -0.3 is 15.8 Å². The molecular weight excluding hydrogens is 303 g/mol. The minimum Gasteiger partial charge on any atom is -0.409 e. The lowest BCUT2D eigenvalue weighted by molar-refractivity contribution is -0.137. The third kappa shape index (κ3) is 3.37. The quantitative estimate of drug-likeness (QED) is 0.389. The van der Waals surface area contributed by atoms with Crippen LogP contribution in [0.1, 0.15) is 17.5 Å². The second-order valence-electron chi connectivity index (χ2n) is 4.84. The molecule has 4 nitrogen and oxygen atoms in total. The molecule has 0 saturated carbocycles. The first-order chi connectivity index (χ1) is 9.84. The van der Waals surface area contributed by atoms with E-state index in [2.05, 4.69) is 5.16 Å². The SMILES string of the molecule is CN(c1ccc(/C(N)=N/O)c(C(F)(F)F)c1)C1CCSC1. The average molecular weight is 319 g/mol. The minimum absolute atomic E-state index is 0.228. The van der Waals surface area contributed by atoms with E-state index in [1.807, 2.05) is 4.90 Å². The molecule has 0 bridgehead atoms. The first-order valence-electron chi connectivity index (χ1n) is 6.34. The summed E-state index contributed by atoms with van der Waals surface area (Å²) in [7, 11) is 1.79. The zero-order valence-electron chi connectivity index (χ0n) is 11.4. The standard InChI is InChI=1S/C13H16F3N3OS/c1-19(9-4-5-21-7-9)8-2-3-10(12(17)18-20)11(6-8)13(14,15)16/h2-3,6,9,20H,4-5,7H2,1H3,(H2,17,18). The summed E-state index contributed by atoms with van der Waals surface area (Å²) in [6.45, 7) is 0. The molecule has 1 unspecified atom stereocenters. The molecule has 1 fully saturated rings. The molecule has 0 radical (unpaired) electrons. The lowest BCUT2D eigenvalue weighted by atomic mass is 10.0. The highest BCUT2D eigenvalue weighted by Gasteiger charge is 2.35. The number of nitrogens with zero attached hydrogens (tertiary/aromatic N) is 2. The van der Waals surface area contributed by atoms with Gasteiger partial charge in [-0.2, -0.15) is 24.9 Å². The Morgan fingerprint density at radius 2 is 2.19 bits per heavy atom. The van der Waals surface area contributed by atoms with Crippen molar-refractivity contribution >= 4 is 23.3 Å². The van der Waals surface area contributed by atoms with E-state index in [4.69, 9.17) is 10.9 Å². The van der Waals surface area contributed by atoms with Crippen LogP contribution in [0, 0.1) is 0 Å². The molecule has 1 aromatic rings. The van der Waals surface area contributed by atoms with Gasteiger partial charge in [-0.05, 0) is 30.4 Å². The number of alkyl halides is 3. The zero-order chi connectivity index (χ0) is 15.6. The Kier molecular flexibility index (Phi) is 4.55. The highest BCUT2D eigenvalue weighted by atomic mass is 32.2. The molecule has 0 amide bonds. The fourth-order valence-corrected chi connectivity index (χ4v) is 3.57. The van der Waals surface area contributed by atoms with Crippen molar-refractivity contribution in [2.24, 2.45) is 10.9 Å². The Labute approximate surface area is 124 Å². The largest absolute Gasteiger partial charge is 0.417 e. The van der Waals surface area contributed by atoms with E-state index in [0.29, 0.717) is 5.69 Å². The first kappa shape index (κ1) is 15.8. The summed E-state index contributed by atoms with van der Waals surface area (Å²) in [5.74, 6) is 1.37. The molecule has 1 aromatic carbocycles. The van der Waals surface area contributed by atoms with Crippen LogP contribution in [0.2, 0.25) is 0 Å². The molecular formula is C13H16F3N3OS. The number of halogens is 3. The lowest BCUT2D eigenvalue weighted by Crippen LogP contribution is -2.31. The first-order valence-corrected chi connectivity index (χ1v) is 7.49. The number of anilines is 1. The van der Waals surface area contributed by atoms with E-state index in [-0.39, 0.29) is 11.6 Å². The van der Waals surface area contributed by atoms with E-state index in [9.17, 15) is 13.2 Å². The molecule has 116 valence electrons. The van der Waals surface area contributed by atoms with Crippen molar-refractivity contribution in [2.75, 3.05) is 23.5 Å². The van der Waals surface area contributed by atoms with Crippen molar-refractivity contribution in [3.8, 4) is 0 Å². The summed E-state index contributed by atoms with van der Waals surface area (Å²) in [5.41, 5.74) is 4.59. The number of amidine groups is 1. The van der Waals surface area contributed by atoms with Crippen molar-refractivity contribution in [1.29, 1.82) is 0 Å². The molecule has 1 saturated heterocycles. The number of thioether (sulfide) groups is 1. The smallest absolute Gasteiger partial charge is 0.409 e. The lowest BCUT2D eigenvalue weighted by Gasteiger charge is -2.27. The van der Waals surface area contributed by atoms with Gasteiger partial charge in [-0.25, -0.2) is 0 Å². The highest BCUT2D eigenvalue weighted by Crippen LogP contribution is 2.35. The van der Waals surface area contributed by atoms with Gasteiger partial charge in [0.15, 0.2) is 5.84 Å². The Bertz CT molecular complexity index is 542. The van der Waals surface area contributed by atoms with Crippen molar-refractivity contribution in [1.82, 2.24) is 0 Å². The van der Waals surface area contributed by atoms with Gasteiger partial charge >= 0.3 is 6.18 Å². The van der Waals surface area contributed by atoms with Gasteiger partial charge in [0.25, 0.3) is 0 Å². The molecule has 0 spiro atoms. The van der Waals surface area contributed by atoms with Crippen LogP contribution in [0.15, 0.2) is 23.4 Å². The monoisotopic (exact) mass is 319 g/mol. The van der Waals surface area contributed by atoms with Gasteiger partial charge in [-0.1, -0.05) is 5.16 Å². The van der Waals surface area contributed by atoms with Crippen molar-refractivity contribution < 1.29 is 18.4 Å². The minimum atomic E-state index is -4.56. The maximum atomic E-state index is 13.2. The number of hydrogen-bond donors (Lipinski definition) is 2. The van der Waals surface area contributed by atoms with Crippen LogP contribution >= 0.6 is 11.8 Å². The van der Waals surface area contributed by atoms with Crippen molar-refractivity contribution in [3.63, 3.8) is 0 Å². The van der Waals surface area contributed by atoms with Crippen LogP contribution < -0.4 is 10.6 Å². The van der Waals surface area contributed by atoms with Gasteiger partial charge in [0.05, 0.1) is 5.56 Å². The maximum absolute atomic E-state index is 13.2. The van der Waals surface area contributed by atoms with Crippen LogP contribution in [0.4, 0.5) is 18.9 Å². The highest BCUT2D eigenvalue weighted by molar-refractivity contribution is 7.99. The fraction of sp³-hybridized carbons (Fsp3) is 0.462. The van der Waals surface area contributed by atoms with Gasteiger partial charge in [0.1, 0.15) is 0 Å². The van der Waals surface area contributed by atoms with Crippen LogP contribution in [-0.2, 0) is 6.18 Å². The number of hydrogen-bond acceptors (Lipinski definition) is 4. The molecule has 8 heteroatoms. The number of oxime groups is 1. The Hall–Kier alpha value is -1.57. The molecule has 3 N–H and O–H groups in total. The van der Waals surface area contributed by atoms with Crippen LogP contribution in [0.25, 0.3) is 0 Å². The summed E-state index contributed by atoms with van der Waals surface area (Å²) in [4.78, 5) is 1.85. The van der Waals surface area contributed by atoms with E-state index < -0.39 is 17.6 Å². The zero-order valence-corrected chi connectivity index (χ0v) is 12.2. The summed E-state index contributed by atoms with van der Waals surface area (Å²) in [6, 6.07) is 4.08. The molecule has 0 aliphatic carbocycles. The fourth-order valence-electron chi connectivity index (χ4n) is 2.30. The molecule has 21 heavy (non-hydrogen) atoms. The summed E-state index contributed by atoms with van der Waals surface area (Å²) >= 11 is 1.79. The molecule has 1 heterocycles. The summed E-state index contributed by atoms with van der Waals surface area (Å²) in [6.07, 6.45) is -3.61. The molecule has 1 atom stereocenters. The van der Waals surface area contributed by atoms with Crippen LogP contribution in [0.3, 0.4) is 0 Å². The third-order valence-corrected chi connectivity index (χ3v) is 4.70. The molecule has 1 aliphatic heterocycles. The third-order valence-electron chi connectivity index (χ3n) is 3.55. The predicted molar refractivity (Wildman–Crippen MR) is 78.1 cm³/mol. The van der Waals surface area contributed by atoms with E-state index in [1.54, 1.807) is 24.9 Å². The average Bonchev–Trinajstić information content (AvgIpc) is 2.98. The predicted octanol–water partition coefficient (Wildman–Crippen LogP) is 2.74. The van der Waals surface area contributed by atoms with Crippen LogP contribution in [-0.4, -0.2) is 35.6 Å². The van der Waals surface area contributed by atoms with Gasteiger partial charge in [0, 0.05) is 30.1 Å². The van der Waals surface area contributed by atoms with Crippen LogP contribution in [0.5, 0.6) is 0 Å². The van der Waals surface area contributed by atoms with Crippen molar-refractivity contribution in [3.05, 3.63) is 29.3 Å². The van der Waals surface area contributed by atoms with E-state index >= 15 is 0 Å². The number of nitrogens with two attached hydrogens (primary N) is 1. The molecule has 0 aromatic heterocycles. The van der Waals surface area contributed by atoms with Gasteiger partial charge in [0.2, 0.25) is 0 Å².